The number of rotatable bonds is 5. The molecule has 0 spiro atoms. The summed E-state index contributed by atoms with van der Waals surface area (Å²) < 4.78 is 0. The van der Waals surface area contributed by atoms with Crippen molar-refractivity contribution >= 4 is 18.6 Å². The number of thiol groups is 1. The van der Waals surface area contributed by atoms with Crippen molar-refractivity contribution in [2.75, 3.05) is 0 Å². The molecule has 14 heavy (non-hydrogen) atoms. The molecule has 78 valence electrons. The zero-order chi connectivity index (χ0) is 10.6. The van der Waals surface area contributed by atoms with Crippen molar-refractivity contribution in [2.24, 2.45) is 5.92 Å². The molecular weight excluding hydrogens is 202 g/mol. The lowest BCUT2D eigenvalue weighted by atomic mass is 10.0. The van der Waals surface area contributed by atoms with E-state index in [-0.39, 0.29) is 5.92 Å². The Kier molecular flexibility index (Phi) is 3.94. The van der Waals surface area contributed by atoms with Crippen LogP contribution in [0.15, 0.2) is 5.03 Å². The maximum absolute atomic E-state index is 10.5. The molecule has 0 saturated carbocycles. The van der Waals surface area contributed by atoms with Crippen LogP contribution >= 0.6 is 12.6 Å². The van der Waals surface area contributed by atoms with E-state index < -0.39 is 5.97 Å². The van der Waals surface area contributed by atoms with Gasteiger partial charge in [0.15, 0.2) is 0 Å². The molecule has 0 aromatic carbocycles. The maximum Gasteiger partial charge on any atom is 0.306 e. The second kappa shape index (κ2) is 4.99. The van der Waals surface area contributed by atoms with E-state index >= 15 is 0 Å². The molecule has 0 saturated heterocycles. The molecule has 1 rings (SSSR count). The summed E-state index contributed by atoms with van der Waals surface area (Å²) in [7, 11) is 0. The summed E-state index contributed by atoms with van der Waals surface area (Å²) in [6, 6.07) is 0. The van der Waals surface area contributed by atoms with Gasteiger partial charge in [0.2, 0.25) is 0 Å². The first-order chi connectivity index (χ1) is 6.61. The van der Waals surface area contributed by atoms with Crippen molar-refractivity contribution in [3.8, 4) is 0 Å². The van der Waals surface area contributed by atoms with Crippen LogP contribution in [0.2, 0.25) is 0 Å². The summed E-state index contributed by atoms with van der Waals surface area (Å²) in [6.45, 7) is 1.70. The van der Waals surface area contributed by atoms with Crippen molar-refractivity contribution < 1.29 is 9.90 Å². The summed E-state index contributed by atoms with van der Waals surface area (Å²) in [5.41, 5.74) is 0.797. The van der Waals surface area contributed by atoms with Gasteiger partial charge < -0.3 is 5.11 Å². The van der Waals surface area contributed by atoms with Gasteiger partial charge in [-0.3, -0.25) is 9.89 Å². The van der Waals surface area contributed by atoms with Gasteiger partial charge >= 0.3 is 5.97 Å². The number of aromatic amines is 1. The van der Waals surface area contributed by atoms with Crippen molar-refractivity contribution in [3.63, 3.8) is 0 Å². The molecule has 6 heteroatoms. The highest BCUT2D eigenvalue weighted by Gasteiger charge is 2.11. The van der Waals surface area contributed by atoms with Crippen LogP contribution in [0.4, 0.5) is 0 Å². The first kappa shape index (κ1) is 11.0. The lowest BCUT2D eigenvalue weighted by Crippen LogP contribution is -2.09. The third-order valence-corrected chi connectivity index (χ3v) is 2.43. The largest absolute Gasteiger partial charge is 0.481 e. The summed E-state index contributed by atoms with van der Waals surface area (Å²) in [6.07, 6.45) is 2.15. The fraction of sp³-hybridized carbons (Fsp3) is 0.625. The molecular formula is C8H13N3O2S. The van der Waals surface area contributed by atoms with Crippen LogP contribution in [0.1, 0.15) is 25.5 Å². The molecule has 2 N–H and O–H groups in total. The molecule has 0 bridgehead atoms. The molecule has 0 aliphatic carbocycles. The van der Waals surface area contributed by atoms with Gasteiger partial charge in [-0.1, -0.05) is 12.1 Å². The van der Waals surface area contributed by atoms with E-state index in [1.54, 1.807) is 6.92 Å². The lowest BCUT2D eigenvalue weighted by Gasteiger charge is -2.03. The van der Waals surface area contributed by atoms with Crippen LogP contribution in [-0.4, -0.2) is 26.5 Å². The highest BCUT2D eigenvalue weighted by Crippen LogP contribution is 2.12. The van der Waals surface area contributed by atoms with Crippen LogP contribution in [0.5, 0.6) is 0 Å². The van der Waals surface area contributed by atoms with Gasteiger partial charge in [0.25, 0.3) is 0 Å². The van der Waals surface area contributed by atoms with Crippen LogP contribution < -0.4 is 0 Å². The van der Waals surface area contributed by atoms with Crippen LogP contribution in [-0.2, 0) is 11.2 Å². The Morgan fingerprint density at radius 1 is 1.71 bits per heavy atom. The van der Waals surface area contributed by atoms with Crippen LogP contribution in [0, 0.1) is 5.92 Å². The highest BCUT2D eigenvalue weighted by atomic mass is 32.1. The SMILES string of the molecule is CC(CCCc1nn[nH]c1S)C(=O)O. The van der Waals surface area contributed by atoms with Crippen LogP contribution in [0.25, 0.3) is 0 Å². The summed E-state index contributed by atoms with van der Waals surface area (Å²) in [5, 5.41) is 19.3. The summed E-state index contributed by atoms with van der Waals surface area (Å²) >= 11 is 4.12. The van der Waals surface area contributed by atoms with E-state index in [1.807, 2.05) is 0 Å². The van der Waals surface area contributed by atoms with Gasteiger partial charge in [-0.15, -0.1) is 17.7 Å². The third kappa shape index (κ3) is 3.02. The first-order valence-electron chi connectivity index (χ1n) is 4.43. The van der Waals surface area contributed by atoms with E-state index in [1.165, 1.54) is 0 Å². The molecule has 1 unspecified atom stereocenters. The fourth-order valence-electron chi connectivity index (χ4n) is 1.11. The second-order valence-corrected chi connectivity index (χ2v) is 3.69. The summed E-state index contributed by atoms with van der Waals surface area (Å²) in [4.78, 5) is 10.5. The monoisotopic (exact) mass is 215 g/mol. The number of carboxylic acids is 1. The zero-order valence-electron chi connectivity index (χ0n) is 7.90. The number of aliphatic carboxylic acids is 1. The van der Waals surface area contributed by atoms with Gasteiger partial charge in [0.1, 0.15) is 5.03 Å². The van der Waals surface area contributed by atoms with Gasteiger partial charge in [-0.25, -0.2) is 0 Å². The topological polar surface area (TPSA) is 78.9 Å². The molecule has 1 aromatic heterocycles. The van der Waals surface area contributed by atoms with Crippen molar-refractivity contribution in [1.82, 2.24) is 15.4 Å². The number of nitrogens with zero attached hydrogens (tertiary/aromatic N) is 2. The van der Waals surface area contributed by atoms with Crippen molar-refractivity contribution in [2.45, 2.75) is 31.2 Å². The predicted molar refractivity (Wildman–Crippen MR) is 53.4 cm³/mol. The Balaban J connectivity index is 2.29. The molecule has 1 aromatic rings. The summed E-state index contributed by atoms with van der Waals surface area (Å²) in [5.74, 6) is -1.05. The molecule has 0 fully saturated rings. The van der Waals surface area contributed by atoms with E-state index in [0.717, 1.165) is 12.1 Å². The Morgan fingerprint density at radius 2 is 2.43 bits per heavy atom. The number of H-pyrrole nitrogens is 1. The minimum Gasteiger partial charge on any atom is -0.481 e. The number of hydrogen-bond acceptors (Lipinski definition) is 4. The molecule has 0 aliphatic heterocycles. The Morgan fingerprint density at radius 3 is 2.93 bits per heavy atom. The molecule has 0 radical (unpaired) electrons. The maximum atomic E-state index is 10.5. The van der Waals surface area contributed by atoms with Gasteiger partial charge in [-0.2, -0.15) is 0 Å². The standard InChI is InChI=1S/C8H13N3O2S/c1-5(8(12)13)3-2-4-6-7(14)10-11-9-6/h5H,2-4H2,1H3,(H,12,13)(H2,9,10,11,14). The smallest absolute Gasteiger partial charge is 0.306 e. The van der Waals surface area contributed by atoms with Crippen molar-refractivity contribution in [3.05, 3.63) is 5.69 Å². The number of nitrogens with one attached hydrogen (secondary N) is 1. The second-order valence-electron chi connectivity index (χ2n) is 3.24. The number of aromatic nitrogens is 3. The Labute approximate surface area is 87.3 Å². The fourth-order valence-corrected chi connectivity index (χ4v) is 1.31. The number of aryl methyl sites for hydroxylation is 1. The zero-order valence-corrected chi connectivity index (χ0v) is 8.79. The normalized spacial score (nSPS) is 12.7. The molecule has 5 nitrogen and oxygen atoms in total. The van der Waals surface area contributed by atoms with E-state index in [0.29, 0.717) is 17.9 Å². The lowest BCUT2D eigenvalue weighted by molar-refractivity contribution is -0.141. The van der Waals surface area contributed by atoms with Gasteiger partial charge in [0.05, 0.1) is 11.6 Å². The quantitative estimate of drug-likeness (QED) is 0.643. The third-order valence-electron chi connectivity index (χ3n) is 2.07. The Hall–Kier alpha value is -1.04. The van der Waals surface area contributed by atoms with E-state index in [9.17, 15) is 4.79 Å². The van der Waals surface area contributed by atoms with E-state index in [4.69, 9.17) is 5.11 Å². The molecule has 1 heterocycles. The average Bonchev–Trinajstić information content (AvgIpc) is 2.51. The van der Waals surface area contributed by atoms with Crippen LogP contribution in [0.3, 0.4) is 0 Å². The average molecular weight is 215 g/mol. The van der Waals surface area contributed by atoms with Crippen molar-refractivity contribution in [1.29, 1.82) is 0 Å². The minimum absolute atomic E-state index is 0.301. The molecule has 1 atom stereocenters. The predicted octanol–water partition coefficient (Wildman–Crippen LogP) is 1.14. The minimum atomic E-state index is -0.753. The van der Waals surface area contributed by atoms with Gasteiger partial charge in [0, 0.05) is 0 Å². The van der Waals surface area contributed by atoms with Gasteiger partial charge in [-0.05, 0) is 19.3 Å². The molecule has 0 aliphatic rings. The number of carboxylic acid groups (broad SMARTS) is 1. The first-order valence-corrected chi connectivity index (χ1v) is 4.87. The van der Waals surface area contributed by atoms with E-state index in [2.05, 4.69) is 28.0 Å². The number of carbonyl (C=O) groups is 1. The highest BCUT2D eigenvalue weighted by molar-refractivity contribution is 7.80. The molecule has 0 amide bonds. The Bertz CT molecular complexity index is 313. The number of hydrogen-bond donors (Lipinski definition) is 3.